The Morgan fingerprint density at radius 3 is 2.70 bits per heavy atom. The van der Waals surface area contributed by atoms with Crippen LogP contribution in [-0.4, -0.2) is 39.2 Å². The molecule has 154 valence electrons. The van der Waals surface area contributed by atoms with Crippen LogP contribution >= 0.6 is 0 Å². The average molecular weight is 400 g/mol. The molecule has 30 heavy (non-hydrogen) atoms. The van der Waals surface area contributed by atoms with Crippen LogP contribution in [0, 0.1) is 5.92 Å². The van der Waals surface area contributed by atoms with E-state index < -0.39 is 0 Å². The third-order valence-corrected chi connectivity index (χ3v) is 7.99. The maximum atomic E-state index is 6.56. The Morgan fingerprint density at radius 2 is 1.80 bits per heavy atom. The van der Waals surface area contributed by atoms with Crippen LogP contribution in [-0.2, 0) is 0 Å². The molecule has 0 bridgehead atoms. The first-order chi connectivity index (χ1) is 14.8. The van der Waals surface area contributed by atoms with Crippen molar-refractivity contribution in [2.24, 2.45) is 11.8 Å². The Bertz CT molecular complexity index is 1010. The van der Waals surface area contributed by atoms with E-state index in [1.807, 2.05) is 0 Å². The summed E-state index contributed by atoms with van der Waals surface area (Å²) in [6, 6.07) is 1.20. The first kappa shape index (κ1) is 17.1. The lowest BCUT2D eigenvalue weighted by molar-refractivity contribution is 0.178. The normalized spacial score (nSPS) is 37.8. The van der Waals surface area contributed by atoms with Gasteiger partial charge in [-0.3, -0.25) is 0 Å². The number of fused-ring (bicyclic) bond motifs is 6. The van der Waals surface area contributed by atoms with E-state index in [-0.39, 0.29) is 6.29 Å². The Labute approximate surface area is 178 Å². The van der Waals surface area contributed by atoms with Crippen LogP contribution in [0.5, 0.6) is 0 Å². The highest BCUT2D eigenvalue weighted by atomic mass is 15.6. The number of hydrogen-bond acceptors (Lipinski definition) is 5. The summed E-state index contributed by atoms with van der Waals surface area (Å²) in [6.07, 6.45) is 28.0. The van der Waals surface area contributed by atoms with E-state index in [4.69, 9.17) is 5.84 Å². The molecule has 0 radical (unpaired) electrons. The smallest absolute Gasteiger partial charge is 0.179 e. The van der Waals surface area contributed by atoms with Crippen molar-refractivity contribution in [2.45, 2.75) is 62.9 Å². The molecule has 4 aliphatic carbocycles. The molecule has 0 aromatic rings. The molecule has 0 aromatic heterocycles. The molecular weight excluding hydrogens is 370 g/mol. The third-order valence-electron chi connectivity index (χ3n) is 7.99. The van der Waals surface area contributed by atoms with Gasteiger partial charge in [-0.15, -0.1) is 0 Å². The van der Waals surface area contributed by atoms with Gasteiger partial charge in [-0.2, -0.15) is 0 Å². The van der Waals surface area contributed by atoms with Gasteiger partial charge in [0.2, 0.25) is 0 Å². The lowest BCUT2D eigenvalue weighted by Crippen LogP contribution is -2.45. The van der Waals surface area contributed by atoms with Crippen LogP contribution in [0.1, 0.15) is 38.5 Å². The van der Waals surface area contributed by atoms with E-state index in [0.29, 0.717) is 24.0 Å². The molecular formula is C25H29N5. The van der Waals surface area contributed by atoms with Crippen molar-refractivity contribution in [1.29, 1.82) is 0 Å². The molecule has 7 rings (SSSR count). The minimum Gasteiger partial charge on any atom is -0.350 e. The van der Waals surface area contributed by atoms with Gasteiger partial charge >= 0.3 is 0 Å². The Balaban J connectivity index is 1.29. The van der Waals surface area contributed by atoms with Crippen molar-refractivity contribution >= 4 is 0 Å². The highest BCUT2D eigenvalue weighted by molar-refractivity contribution is 5.45. The van der Waals surface area contributed by atoms with Gasteiger partial charge in [0.15, 0.2) is 6.29 Å². The van der Waals surface area contributed by atoms with E-state index in [2.05, 4.69) is 74.8 Å². The number of hydrogen-bond donors (Lipinski definition) is 2. The zero-order valence-corrected chi connectivity index (χ0v) is 17.2. The second-order valence-electron chi connectivity index (χ2n) is 9.43. The van der Waals surface area contributed by atoms with E-state index in [9.17, 15) is 0 Å². The van der Waals surface area contributed by atoms with Crippen molar-refractivity contribution < 1.29 is 0 Å². The Hall–Kier alpha value is -2.66. The van der Waals surface area contributed by atoms with Crippen molar-refractivity contribution in [3.63, 3.8) is 0 Å². The number of nitrogens with one attached hydrogen (secondary N) is 1. The second-order valence-corrected chi connectivity index (χ2v) is 9.43. The van der Waals surface area contributed by atoms with E-state index in [0.717, 1.165) is 38.5 Å². The van der Waals surface area contributed by atoms with Gasteiger partial charge in [-0.1, -0.05) is 42.5 Å². The minimum atomic E-state index is 0.210. The number of nitrogens with two attached hydrogens (primary N) is 1. The zero-order chi connectivity index (χ0) is 19.8. The maximum Gasteiger partial charge on any atom is 0.179 e. The molecule has 1 saturated heterocycles. The molecule has 5 heteroatoms. The zero-order valence-electron chi connectivity index (χ0n) is 17.2. The summed E-state index contributed by atoms with van der Waals surface area (Å²) in [5.41, 5.74) is 7.09. The molecule has 0 amide bonds. The monoisotopic (exact) mass is 399 g/mol. The fourth-order valence-corrected chi connectivity index (χ4v) is 6.67. The summed E-state index contributed by atoms with van der Waals surface area (Å²) >= 11 is 0. The Kier molecular flexibility index (Phi) is 3.51. The summed E-state index contributed by atoms with van der Waals surface area (Å²) in [5.74, 6) is 7.01. The lowest BCUT2D eigenvalue weighted by atomic mass is 9.85. The van der Waals surface area contributed by atoms with Gasteiger partial charge in [0.1, 0.15) is 0 Å². The van der Waals surface area contributed by atoms with Gasteiger partial charge in [0.25, 0.3) is 0 Å². The maximum absolute atomic E-state index is 6.56. The molecule has 1 fully saturated rings. The molecule has 0 aromatic carbocycles. The fraction of sp³-hybridized carbons (Fsp3) is 0.440. The largest absolute Gasteiger partial charge is 0.350 e. The average Bonchev–Trinajstić information content (AvgIpc) is 3.41. The van der Waals surface area contributed by atoms with Crippen LogP contribution in [0.25, 0.3) is 0 Å². The van der Waals surface area contributed by atoms with Crippen molar-refractivity contribution in [2.75, 3.05) is 0 Å². The van der Waals surface area contributed by atoms with E-state index in [1.54, 1.807) is 0 Å². The number of nitrogens with zero attached hydrogens (tertiary/aromatic N) is 3. The topological polar surface area (TPSA) is 47.8 Å². The molecule has 3 aliphatic heterocycles. The van der Waals surface area contributed by atoms with Gasteiger partial charge in [0.05, 0.1) is 23.8 Å². The molecule has 5 unspecified atom stereocenters. The Morgan fingerprint density at radius 1 is 0.933 bits per heavy atom. The highest BCUT2D eigenvalue weighted by Crippen LogP contribution is 2.47. The number of hydrazine groups is 1. The summed E-state index contributed by atoms with van der Waals surface area (Å²) in [6.45, 7) is 0. The van der Waals surface area contributed by atoms with Crippen molar-refractivity contribution in [3.05, 3.63) is 83.0 Å². The SMILES string of the molecule is NN1C2=C(C=C(N3C4C=CC=CC4N4C5=C(CCC=C5)NC34)CC2)C2C=CCCC21. The van der Waals surface area contributed by atoms with Crippen molar-refractivity contribution in [3.8, 4) is 0 Å². The molecule has 7 aliphatic rings. The van der Waals surface area contributed by atoms with E-state index in [1.165, 1.54) is 28.4 Å². The molecule has 0 saturated carbocycles. The molecule has 3 N–H and O–H groups in total. The molecule has 3 heterocycles. The first-order valence-electron chi connectivity index (χ1n) is 11.5. The first-order valence-corrected chi connectivity index (χ1v) is 11.5. The van der Waals surface area contributed by atoms with Gasteiger partial charge in [-0.05, 0) is 56.3 Å². The van der Waals surface area contributed by atoms with Crippen molar-refractivity contribution in [1.82, 2.24) is 20.1 Å². The third kappa shape index (κ3) is 2.16. The molecule has 5 atom stereocenters. The summed E-state index contributed by atoms with van der Waals surface area (Å²) in [4.78, 5) is 5.26. The van der Waals surface area contributed by atoms with Crippen LogP contribution in [0.15, 0.2) is 83.0 Å². The van der Waals surface area contributed by atoms with Crippen LogP contribution in [0.4, 0.5) is 0 Å². The molecule has 5 nitrogen and oxygen atoms in total. The molecule has 0 spiro atoms. The van der Waals surface area contributed by atoms with Gasteiger partial charge < -0.3 is 20.1 Å². The van der Waals surface area contributed by atoms with E-state index >= 15 is 0 Å². The summed E-state index contributed by atoms with van der Waals surface area (Å²) in [5, 5.41) is 5.99. The number of allylic oxidation sites excluding steroid dienone is 9. The van der Waals surface area contributed by atoms with Gasteiger partial charge in [0, 0.05) is 23.0 Å². The lowest BCUT2D eigenvalue weighted by Gasteiger charge is -2.35. The van der Waals surface area contributed by atoms with Crippen LogP contribution < -0.4 is 11.2 Å². The summed E-state index contributed by atoms with van der Waals surface area (Å²) in [7, 11) is 0. The highest BCUT2D eigenvalue weighted by Gasteiger charge is 2.51. The van der Waals surface area contributed by atoms with Crippen LogP contribution in [0.2, 0.25) is 0 Å². The minimum absolute atomic E-state index is 0.210. The summed E-state index contributed by atoms with van der Waals surface area (Å²) < 4.78 is 0. The predicted molar refractivity (Wildman–Crippen MR) is 118 cm³/mol. The predicted octanol–water partition coefficient (Wildman–Crippen LogP) is 3.37. The van der Waals surface area contributed by atoms with Gasteiger partial charge in [-0.25, -0.2) is 5.84 Å². The number of rotatable bonds is 1. The standard InChI is InChI=1S/C25H29N5/c26-30-20-9-3-1-7-17(20)18-15-16(13-14-21(18)30)28-23-11-5-6-12-24(23)29-22-10-4-2-8-19(22)27-25(28)29/h1,4-7,10-12,15,17,20,23-25,27H,2-3,8-9,13-14,26H2. The fourth-order valence-electron chi connectivity index (χ4n) is 6.67. The van der Waals surface area contributed by atoms with Crippen LogP contribution in [0.3, 0.4) is 0 Å². The quantitative estimate of drug-likeness (QED) is 0.523. The second kappa shape index (κ2) is 6.17.